The molecular formula is C20H17ClFN3O2S. The average molecular weight is 418 g/mol. The first kappa shape index (κ1) is 20.1. The number of amides is 1. The van der Waals surface area contributed by atoms with Crippen LogP contribution in [0.3, 0.4) is 0 Å². The molecular weight excluding hydrogens is 401 g/mol. The van der Waals surface area contributed by atoms with Crippen LogP contribution in [0.25, 0.3) is 0 Å². The summed E-state index contributed by atoms with van der Waals surface area (Å²) < 4.78 is 18.4. The van der Waals surface area contributed by atoms with Gasteiger partial charge in [-0.1, -0.05) is 35.5 Å². The summed E-state index contributed by atoms with van der Waals surface area (Å²) in [5.41, 5.74) is 1.61. The Bertz CT molecular complexity index is 953. The fourth-order valence-corrected chi connectivity index (χ4v) is 3.25. The van der Waals surface area contributed by atoms with E-state index < -0.39 is 5.91 Å². The number of anilines is 1. The summed E-state index contributed by atoms with van der Waals surface area (Å²) in [5.74, 6) is 0.548. The molecule has 3 aromatic rings. The third kappa shape index (κ3) is 5.43. The lowest BCUT2D eigenvalue weighted by atomic mass is 10.2. The molecule has 1 aromatic heterocycles. The smallest absolute Gasteiger partial charge is 0.275 e. The van der Waals surface area contributed by atoms with Gasteiger partial charge < -0.3 is 10.1 Å². The molecule has 0 aliphatic heterocycles. The van der Waals surface area contributed by atoms with Crippen LogP contribution in [0.2, 0.25) is 5.02 Å². The van der Waals surface area contributed by atoms with Crippen LogP contribution in [0.5, 0.6) is 5.75 Å². The van der Waals surface area contributed by atoms with E-state index in [-0.39, 0.29) is 16.5 Å². The molecule has 0 bridgehead atoms. The lowest BCUT2D eigenvalue weighted by Crippen LogP contribution is -2.15. The number of hydrogen-bond acceptors (Lipinski definition) is 5. The fraction of sp³-hybridized carbons (Fsp3) is 0.150. The maximum Gasteiger partial charge on any atom is 0.275 e. The third-order valence-corrected chi connectivity index (χ3v) is 4.85. The summed E-state index contributed by atoms with van der Waals surface area (Å²) in [5, 5.41) is 3.33. The molecule has 5 nitrogen and oxygen atoms in total. The quantitative estimate of drug-likeness (QED) is 0.422. The highest BCUT2D eigenvalue weighted by Crippen LogP contribution is 2.23. The minimum Gasteiger partial charge on any atom is -0.494 e. The van der Waals surface area contributed by atoms with Crippen molar-refractivity contribution in [2.75, 3.05) is 11.9 Å². The molecule has 0 fully saturated rings. The van der Waals surface area contributed by atoms with E-state index in [2.05, 4.69) is 15.3 Å². The minimum atomic E-state index is -0.430. The zero-order chi connectivity index (χ0) is 19.9. The molecule has 1 N–H and O–H groups in total. The summed E-state index contributed by atoms with van der Waals surface area (Å²) in [4.78, 5) is 20.9. The molecule has 1 heterocycles. The molecule has 0 aliphatic rings. The number of nitrogens with zero attached hydrogens (tertiary/aromatic N) is 2. The van der Waals surface area contributed by atoms with Crippen LogP contribution in [-0.4, -0.2) is 22.5 Å². The Morgan fingerprint density at radius 2 is 1.89 bits per heavy atom. The molecule has 144 valence electrons. The number of ether oxygens (including phenoxy) is 1. The van der Waals surface area contributed by atoms with E-state index in [4.69, 9.17) is 16.3 Å². The molecule has 0 aliphatic carbocycles. The zero-order valence-electron chi connectivity index (χ0n) is 15.0. The summed E-state index contributed by atoms with van der Waals surface area (Å²) in [6, 6.07) is 13.2. The fourth-order valence-electron chi connectivity index (χ4n) is 2.30. The highest BCUT2D eigenvalue weighted by atomic mass is 35.5. The first-order chi connectivity index (χ1) is 13.5. The number of benzene rings is 2. The monoisotopic (exact) mass is 417 g/mol. The molecule has 8 heteroatoms. The number of nitrogens with one attached hydrogen (secondary N) is 1. The maximum absolute atomic E-state index is 13.0. The highest BCUT2D eigenvalue weighted by molar-refractivity contribution is 7.98. The van der Waals surface area contributed by atoms with Gasteiger partial charge in [0, 0.05) is 11.4 Å². The summed E-state index contributed by atoms with van der Waals surface area (Å²) in [6.45, 7) is 2.47. The van der Waals surface area contributed by atoms with E-state index in [0.29, 0.717) is 23.2 Å². The van der Waals surface area contributed by atoms with E-state index in [1.807, 2.05) is 6.92 Å². The number of carbonyl (C=O) groups is 1. The number of aromatic nitrogens is 2. The number of halogens is 2. The Morgan fingerprint density at radius 3 is 2.57 bits per heavy atom. The predicted octanol–water partition coefficient (Wildman–Crippen LogP) is 5.21. The molecule has 0 saturated heterocycles. The van der Waals surface area contributed by atoms with Gasteiger partial charge in [0.15, 0.2) is 10.9 Å². The molecule has 0 spiro atoms. The van der Waals surface area contributed by atoms with Crippen molar-refractivity contribution in [3.63, 3.8) is 0 Å². The van der Waals surface area contributed by atoms with Crippen LogP contribution < -0.4 is 10.1 Å². The minimum absolute atomic E-state index is 0.0900. The maximum atomic E-state index is 13.0. The van der Waals surface area contributed by atoms with Gasteiger partial charge in [-0.05, 0) is 48.9 Å². The predicted molar refractivity (Wildman–Crippen MR) is 109 cm³/mol. The normalized spacial score (nSPS) is 10.5. The SMILES string of the molecule is CCOc1ccc(NC(=O)c2nc(SCc3ccc(F)cc3)ncc2Cl)cc1. The van der Waals surface area contributed by atoms with Gasteiger partial charge in [-0.25, -0.2) is 14.4 Å². The molecule has 0 unspecified atom stereocenters. The molecule has 0 radical (unpaired) electrons. The van der Waals surface area contributed by atoms with Gasteiger partial charge in [0.05, 0.1) is 17.8 Å². The summed E-state index contributed by atoms with van der Waals surface area (Å²) in [7, 11) is 0. The van der Waals surface area contributed by atoms with E-state index in [1.54, 1.807) is 36.4 Å². The van der Waals surface area contributed by atoms with Gasteiger partial charge in [0.1, 0.15) is 11.6 Å². The molecule has 28 heavy (non-hydrogen) atoms. The first-order valence-electron chi connectivity index (χ1n) is 8.49. The number of rotatable bonds is 7. The van der Waals surface area contributed by atoms with Gasteiger partial charge >= 0.3 is 0 Å². The lowest BCUT2D eigenvalue weighted by molar-refractivity contribution is 0.102. The molecule has 2 aromatic carbocycles. The number of carbonyl (C=O) groups excluding carboxylic acids is 1. The van der Waals surface area contributed by atoms with E-state index >= 15 is 0 Å². The lowest BCUT2D eigenvalue weighted by Gasteiger charge is -2.08. The Morgan fingerprint density at radius 1 is 1.18 bits per heavy atom. The largest absolute Gasteiger partial charge is 0.494 e. The van der Waals surface area contributed by atoms with E-state index in [1.165, 1.54) is 30.1 Å². The van der Waals surface area contributed by atoms with Gasteiger partial charge in [0.25, 0.3) is 5.91 Å². The molecule has 3 rings (SSSR count). The number of thioether (sulfide) groups is 1. The second kappa shape index (κ2) is 9.52. The van der Waals surface area contributed by atoms with E-state index in [9.17, 15) is 9.18 Å². The zero-order valence-corrected chi connectivity index (χ0v) is 16.6. The van der Waals surface area contributed by atoms with Gasteiger partial charge in [-0.2, -0.15) is 0 Å². The van der Waals surface area contributed by atoms with Gasteiger partial charge in [-0.15, -0.1) is 0 Å². The second-order valence-corrected chi connectivity index (χ2v) is 7.03. The van der Waals surface area contributed by atoms with Crippen LogP contribution >= 0.6 is 23.4 Å². The molecule has 0 saturated carbocycles. The van der Waals surface area contributed by atoms with Crippen LogP contribution in [0, 0.1) is 5.82 Å². The van der Waals surface area contributed by atoms with Crippen molar-refractivity contribution in [1.82, 2.24) is 9.97 Å². The van der Waals surface area contributed by atoms with Crippen LogP contribution in [-0.2, 0) is 5.75 Å². The Balaban J connectivity index is 1.67. The average Bonchev–Trinajstić information content (AvgIpc) is 2.70. The Labute approximate surface area is 171 Å². The van der Waals surface area contributed by atoms with Gasteiger partial charge in [0.2, 0.25) is 0 Å². The van der Waals surface area contributed by atoms with Crippen molar-refractivity contribution in [2.45, 2.75) is 17.8 Å². The standard InChI is InChI=1S/C20H17ClFN3O2S/c1-2-27-16-9-7-15(8-10-16)24-19(26)18-17(21)11-23-20(25-18)28-12-13-3-5-14(22)6-4-13/h3-11H,2,12H2,1H3,(H,24,26). The van der Waals surface area contributed by atoms with Crippen molar-refractivity contribution in [3.8, 4) is 5.75 Å². The van der Waals surface area contributed by atoms with Gasteiger partial charge in [-0.3, -0.25) is 4.79 Å². The van der Waals surface area contributed by atoms with Crippen molar-refractivity contribution in [2.24, 2.45) is 0 Å². The second-order valence-electron chi connectivity index (χ2n) is 5.68. The van der Waals surface area contributed by atoms with Crippen molar-refractivity contribution in [3.05, 3.63) is 76.8 Å². The summed E-state index contributed by atoms with van der Waals surface area (Å²) >= 11 is 7.44. The third-order valence-electron chi connectivity index (χ3n) is 3.64. The van der Waals surface area contributed by atoms with Crippen LogP contribution in [0.15, 0.2) is 59.9 Å². The Hall–Kier alpha value is -2.64. The topological polar surface area (TPSA) is 64.1 Å². The number of hydrogen-bond donors (Lipinski definition) is 1. The first-order valence-corrected chi connectivity index (χ1v) is 9.85. The van der Waals surface area contributed by atoms with Crippen molar-refractivity contribution >= 4 is 35.0 Å². The molecule has 0 atom stereocenters. The van der Waals surface area contributed by atoms with Crippen LogP contribution in [0.1, 0.15) is 23.0 Å². The van der Waals surface area contributed by atoms with Crippen molar-refractivity contribution in [1.29, 1.82) is 0 Å². The molecule has 1 amide bonds. The summed E-state index contributed by atoms with van der Waals surface area (Å²) in [6.07, 6.45) is 1.40. The van der Waals surface area contributed by atoms with E-state index in [0.717, 1.165) is 11.3 Å². The van der Waals surface area contributed by atoms with Crippen molar-refractivity contribution < 1.29 is 13.9 Å². The Kier molecular flexibility index (Phi) is 6.84. The highest BCUT2D eigenvalue weighted by Gasteiger charge is 2.15. The van der Waals surface area contributed by atoms with Crippen LogP contribution in [0.4, 0.5) is 10.1 Å².